The highest BCUT2D eigenvalue weighted by molar-refractivity contribution is 9.10. The molecule has 0 atom stereocenters. The van der Waals surface area contributed by atoms with Gasteiger partial charge in [-0.2, -0.15) is 13.2 Å². The van der Waals surface area contributed by atoms with Crippen LogP contribution >= 0.6 is 27.7 Å². The third kappa shape index (κ3) is 6.86. The fourth-order valence-corrected chi connectivity index (χ4v) is 4.92. The molecule has 3 aromatic rings. The average molecular weight is 652 g/mol. The van der Waals surface area contributed by atoms with Gasteiger partial charge in [-0.1, -0.05) is 18.2 Å². The highest BCUT2D eigenvalue weighted by atomic mass is 79.9. The smallest absolute Gasteiger partial charge is 0.416 e. The van der Waals surface area contributed by atoms with Gasteiger partial charge in [0, 0.05) is 6.07 Å². The van der Waals surface area contributed by atoms with E-state index in [1.54, 1.807) is 24.3 Å². The predicted octanol–water partition coefficient (Wildman–Crippen LogP) is 6.85. The van der Waals surface area contributed by atoms with E-state index in [2.05, 4.69) is 21.2 Å². The van der Waals surface area contributed by atoms with Gasteiger partial charge in [0.2, 0.25) is 11.7 Å². The number of hydrogen-bond donors (Lipinski definition) is 1. The summed E-state index contributed by atoms with van der Waals surface area (Å²) in [6.07, 6.45) is -3.37. The number of nitrogens with one attached hydrogen (secondary N) is 1. The number of thioether (sulfide) groups is 1. The molecule has 3 aromatic carbocycles. The molecule has 0 aromatic heterocycles. The van der Waals surface area contributed by atoms with Crippen molar-refractivity contribution >= 4 is 62.2 Å². The number of amides is 3. The number of para-hydroxylation sites is 2. The van der Waals surface area contributed by atoms with Gasteiger partial charge >= 0.3 is 11.9 Å². The van der Waals surface area contributed by atoms with Crippen LogP contribution in [0.15, 0.2) is 70.0 Å². The number of halogens is 4. The number of ether oxygens (including phenoxy) is 2. The number of methoxy groups -OCH3 is 1. The first-order chi connectivity index (χ1) is 19.4. The van der Waals surface area contributed by atoms with Crippen LogP contribution in [0.3, 0.4) is 0 Å². The topological polar surface area (TPSA) is 128 Å². The molecule has 0 saturated carbocycles. The van der Waals surface area contributed by atoms with Gasteiger partial charge in [0.05, 0.1) is 32.7 Å². The molecule has 1 fully saturated rings. The summed E-state index contributed by atoms with van der Waals surface area (Å²) in [6.45, 7) is -0.525. The van der Waals surface area contributed by atoms with Gasteiger partial charge in [-0.25, -0.2) is 0 Å². The van der Waals surface area contributed by atoms with Crippen LogP contribution in [-0.4, -0.2) is 40.5 Å². The lowest BCUT2D eigenvalue weighted by Gasteiger charge is -2.14. The number of hydrogen-bond acceptors (Lipinski definition) is 8. The molecular formula is C26H17BrF3N3O7S. The summed E-state index contributed by atoms with van der Waals surface area (Å²) in [7, 11) is 1.43. The molecule has 3 amide bonds. The lowest BCUT2D eigenvalue weighted by Crippen LogP contribution is -2.36. The van der Waals surface area contributed by atoms with Crippen LogP contribution in [0, 0.1) is 10.1 Å². The Morgan fingerprint density at radius 3 is 2.46 bits per heavy atom. The van der Waals surface area contributed by atoms with Gasteiger partial charge in [-0.3, -0.25) is 29.4 Å². The highest BCUT2D eigenvalue weighted by Crippen LogP contribution is 2.40. The normalized spacial score (nSPS) is 14.4. The van der Waals surface area contributed by atoms with Crippen LogP contribution in [-0.2, 0) is 15.8 Å². The number of nitro groups is 1. The van der Waals surface area contributed by atoms with E-state index in [0.29, 0.717) is 40.9 Å². The maximum absolute atomic E-state index is 13.0. The number of benzene rings is 3. The molecule has 0 radical (unpaired) electrons. The van der Waals surface area contributed by atoms with Crippen LogP contribution in [0.1, 0.15) is 11.1 Å². The zero-order chi connectivity index (χ0) is 29.9. The molecule has 4 rings (SSSR count). The fourth-order valence-electron chi connectivity index (χ4n) is 3.60. The minimum atomic E-state index is -4.77. The third-order valence-electron chi connectivity index (χ3n) is 5.51. The van der Waals surface area contributed by atoms with E-state index in [1.165, 1.54) is 31.4 Å². The van der Waals surface area contributed by atoms with E-state index in [9.17, 15) is 37.7 Å². The Morgan fingerprint density at radius 1 is 1.10 bits per heavy atom. The maximum Gasteiger partial charge on any atom is 0.416 e. The largest absolute Gasteiger partial charge is 0.495 e. The first-order valence-corrected chi connectivity index (χ1v) is 13.0. The lowest BCUT2D eigenvalue weighted by atomic mass is 10.1. The molecule has 0 bridgehead atoms. The summed E-state index contributed by atoms with van der Waals surface area (Å²) in [5.41, 5.74) is -1.28. The number of nitrogens with zero attached hydrogens (tertiary/aromatic N) is 2. The Hall–Kier alpha value is -4.37. The third-order valence-corrected chi connectivity index (χ3v) is 7.04. The molecule has 1 aliphatic heterocycles. The number of imide groups is 1. The first kappa shape index (κ1) is 29.6. The molecule has 212 valence electrons. The fraction of sp³-hybridized carbons (Fsp3) is 0.115. The van der Waals surface area contributed by atoms with Crippen LogP contribution < -0.4 is 14.8 Å². The average Bonchev–Trinajstić information content (AvgIpc) is 3.17. The number of carbonyl (C=O) groups is 3. The van der Waals surface area contributed by atoms with E-state index in [1.807, 2.05) is 0 Å². The summed E-state index contributed by atoms with van der Waals surface area (Å²) in [5, 5.41) is 13.3. The molecule has 1 saturated heterocycles. The molecule has 10 nitrogen and oxygen atoms in total. The monoisotopic (exact) mass is 651 g/mol. The number of nitro benzene ring substituents is 1. The Bertz CT molecular complexity index is 1600. The minimum Gasteiger partial charge on any atom is -0.495 e. The van der Waals surface area contributed by atoms with Crippen molar-refractivity contribution in [2.45, 2.75) is 6.18 Å². The zero-order valence-corrected chi connectivity index (χ0v) is 23.1. The molecule has 0 unspecified atom stereocenters. The van der Waals surface area contributed by atoms with Crippen molar-refractivity contribution in [3.05, 3.63) is 91.3 Å². The predicted molar refractivity (Wildman–Crippen MR) is 147 cm³/mol. The van der Waals surface area contributed by atoms with Gasteiger partial charge in [0.1, 0.15) is 18.0 Å². The standard InChI is InChI=1S/C26H17BrF3N3O7S/c1-39-20-5-3-2-4-17(20)31-23(34)13-32-24(35)22(41-25(32)36)11-14-6-8-19(16(27)10-14)40-21-9-7-15(26(28,29)30)12-18(21)33(37)38/h2-12H,13H2,1H3,(H,31,34)/b22-11+. The highest BCUT2D eigenvalue weighted by Gasteiger charge is 2.36. The first-order valence-electron chi connectivity index (χ1n) is 11.4. The lowest BCUT2D eigenvalue weighted by molar-refractivity contribution is -0.385. The number of anilines is 1. The Kier molecular flexibility index (Phi) is 8.68. The molecule has 1 N–H and O–H groups in total. The summed E-state index contributed by atoms with van der Waals surface area (Å²) in [6, 6.07) is 12.9. The van der Waals surface area contributed by atoms with Gasteiger partial charge in [-0.05, 0) is 75.7 Å². The van der Waals surface area contributed by atoms with Gasteiger partial charge in [0.15, 0.2) is 0 Å². The minimum absolute atomic E-state index is 0.0408. The van der Waals surface area contributed by atoms with Crippen molar-refractivity contribution < 1.29 is 42.0 Å². The van der Waals surface area contributed by atoms with Crippen molar-refractivity contribution in [1.82, 2.24) is 4.90 Å². The number of alkyl halides is 3. The Morgan fingerprint density at radius 2 is 1.80 bits per heavy atom. The van der Waals surface area contributed by atoms with Crippen LogP contribution in [0.25, 0.3) is 6.08 Å². The Labute approximate surface area is 242 Å². The van der Waals surface area contributed by atoms with Crippen LogP contribution in [0.2, 0.25) is 0 Å². The summed E-state index contributed by atoms with van der Waals surface area (Å²) < 4.78 is 49.8. The summed E-state index contributed by atoms with van der Waals surface area (Å²) >= 11 is 3.87. The molecular weight excluding hydrogens is 635 g/mol. The van der Waals surface area contributed by atoms with Gasteiger partial charge < -0.3 is 14.8 Å². The zero-order valence-electron chi connectivity index (χ0n) is 20.7. The van der Waals surface area contributed by atoms with Crippen molar-refractivity contribution in [2.75, 3.05) is 19.0 Å². The van der Waals surface area contributed by atoms with E-state index in [4.69, 9.17) is 9.47 Å². The second-order valence-electron chi connectivity index (χ2n) is 8.25. The van der Waals surface area contributed by atoms with Gasteiger partial charge in [-0.15, -0.1) is 0 Å². The van der Waals surface area contributed by atoms with E-state index >= 15 is 0 Å². The SMILES string of the molecule is COc1ccccc1NC(=O)CN1C(=O)S/C(=C/c2ccc(Oc3ccc(C(F)(F)F)cc3[N+](=O)[O-])c(Br)c2)C1=O. The molecule has 0 spiro atoms. The number of carbonyl (C=O) groups excluding carboxylic acids is 3. The van der Waals surface area contributed by atoms with Crippen LogP contribution in [0.5, 0.6) is 17.2 Å². The second kappa shape index (κ2) is 12.0. The quantitative estimate of drug-likeness (QED) is 0.159. The molecule has 15 heteroatoms. The molecule has 41 heavy (non-hydrogen) atoms. The second-order valence-corrected chi connectivity index (χ2v) is 10.1. The Balaban J connectivity index is 1.48. The van der Waals surface area contributed by atoms with Crippen LogP contribution in [0.4, 0.5) is 29.3 Å². The van der Waals surface area contributed by atoms with Gasteiger partial charge in [0.25, 0.3) is 11.1 Å². The van der Waals surface area contributed by atoms with E-state index in [0.717, 1.165) is 11.0 Å². The van der Waals surface area contributed by atoms with E-state index < -0.39 is 51.7 Å². The number of rotatable bonds is 8. The molecule has 1 heterocycles. The van der Waals surface area contributed by atoms with Crippen molar-refractivity contribution in [3.8, 4) is 17.2 Å². The molecule has 0 aliphatic carbocycles. The van der Waals surface area contributed by atoms with Crippen molar-refractivity contribution in [2.24, 2.45) is 0 Å². The van der Waals surface area contributed by atoms with Crippen molar-refractivity contribution in [1.29, 1.82) is 0 Å². The van der Waals surface area contributed by atoms with Crippen molar-refractivity contribution in [3.63, 3.8) is 0 Å². The van der Waals surface area contributed by atoms with E-state index in [-0.39, 0.29) is 15.1 Å². The summed E-state index contributed by atoms with van der Waals surface area (Å²) in [4.78, 5) is 49.0. The summed E-state index contributed by atoms with van der Waals surface area (Å²) in [5.74, 6) is -1.26. The maximum atomic E-state index is 13.0. The molecule has 1 aliphatic rings.